The third-order valence-electron chi connectivity index (χ3n) is 2.95. The SMILES string of the molecule is CCC(C)NC(=O)c1cnn(-c2ccccc2)c1Cl. The van der Waals surface area contributed by atoms with Crippen LogP contribution in [0.15, 0.2) is 36.5 Å². The number of benzene rings is 1. The van der Waals surface area contributed by atoms with E-state index in [9.17, 15) is 4.79 Å². The standard InChI is InChI=1S/C14H16ClN3O/c1-3-10(2)17-14(19)12-9-16-18(13(12)15)11-7-5-4-6-8-11/h4-10H,3H2,1-2H3,(H,17,19). The van der Waals surface area contributed by atoms with Gasteiger partial charge in [0.15, 0.2) is 0 Å². The molecule has 0 aliphatic heterocycles. The number of rotatable bonds is 4. The molecule has 0 aliphatic carbocycles. The summed E-state index contributed by atoms with van der Waals surface area (Å²) >= 11 is 6.22. The second-order valence-corrected chi connectivity index (χ2v) is 4.74. The molecule has 4 nitrogen and oxygen atoms in total. The van der Waals surface area contributed by atoms with Crippen LogP contribution in [0.1, 0.15) is 30.6 Å². The van der Waals surface area contributed by atoms with Crippen molar-refractivity contribution in [2.24, 2.45) is 0 Å². The summed E-state index contributed by atoms with van der Waals surface area (Å²) in [5.41, 5.74) is 1.22. The van der Waals surface area contributed by atoms with Crippen LogP contribution in [0.25, 0.3) is 5.69 Å². The smallest absolute Gasteiger partial charge is 0.256 e. The zero-order chi connectivity index (χ0) is 13.8. The Hall–Kier alpha value is -1.81. The Labute approximate surface area is 117 Å². The summed E-state index contributed by atoms with van der Waals surface area (Å²) in [4.78, 5) is 12.0. The van der Waals surface area contributed by atoms with Gasteiger partial charge >= 0.3 is 0 Å². The summed E-state index contributed by atoms with van der Waals surface area (Å²) in [6.07, 6.45) is 2.36. The molecule has 1 N–H and O–H groups in total. The van der Waals surface area contributed by atoms with Crippen molar-refractivity contribution in [1.29, 1.82) is 0 Å². The van der Waals surface area contributed by atoms with Crippen LogP contribution >= 0.6 is 11.6 Å². The largest absolute Gasteiger partial charge is 0.349 e. The van der Waals surface area contributed by atoms with Crippen LogP contribution < -0.4 is 5.32 Å². The van der Waals surface area contributed by atoms with Crippen molar-refractivity contribution in [2.75, 3.05) is 0 Å². The lowest BCUT2D eigenvalue weighted by Gasteiger charge is -2.10. The van der Waals surface area contributed by atoms with Crippen molar-refractivity contribution in [3.8, 4) is 5.69 Å². The first-order chi connectivity index (χ1) is 9.13. The molecule has 0 fully saturated rings. The summed E-state index contributed by atoms with van der Waals surface area (Å²) in [6, 6.07) is 9.59. The summed E-state index contributed by atoms with van der Waals surface area (Å²) in [6.45, 7) is 3.97. The Balaban J connectivity index is 2.26. The molecule has 0 aliphatic rings. The number of hydrogen-bond acceptors (Lipinski definition) is 2. The van der Waals surface area contributed by atoms with Gasteiger partial charge in [0.1, 0.15) is 5.15 Å². The number of nitrogens with zero attached hydrogens (tertiary/aromatic N) is 2. The fraction of sp³-hybridized carbons (Fsp3) is 0.286. The van der Waals surface area contributed by atoms with Crippen molar-refractivity contribution in [3.63, 3.8) is 0 Å². The third-order valence-corrected chi connectivity index (χ3v) is 3.31. The van der Waals surface area contributed by atoms with Gasteiger partial charge in [0.2, 0.25) is 0 Å². The molecular formula is C14H16ClN3O. The molecule has 0 bridgehead atoms. The molecule has 2 rings (SSSR count). The first kappa shape index (κ1) is 13.6. The Morgan fingerprint density at radius 1 is 1.42 bits per heavy atom. The average molecular weight is 278 g/mol. The topological polar surface area (TPSA) is 46.9 Å². The number of amides is 1. The molecule has 1 unspecified atom stereocenters. The van der Waals surface area contributed by atoms with Gasteiger partial charge in [-0.05, 0) is 25.5 Å². The number of hydrogen-bond donors (Lipinski definition) is 1. The van der Waals surface area contributed by atoms with Crippen LogP contribution in [0.2, 0.25) is 5.15 Å². The van der Waals surface area contributed by atoms with Gasteiger partial charge < -0.3 is 5.32 Å². The lowest BCUT2D eigenvalue weighted by Crippen LogP contribution is -2.31. The van der Waals surface area contributed by atoms with Crippen molar-refractivity contribution >= 4 is 17.5 Å². The highest BCUT2D eigenvalue weighted by atomic mass is 35.5. The van der Waals surface area contributed by atoms with Crippen molar-refractivity contribution < 1.29 is 4.79 Å². The van der Waals surface area contributed by atoms with Gasteiger partial charge in [0.25, 0.3) is 5.91 Å². The van der Waals surface area contributed by atoms with Crippen LogP contribution in [0.3, 0.4) is 0 Å². The maximum atomic E-state index is 12.0. The lowest BCUT2D eigenvalue weighted by atomic mass is 10.2. The third kappa shape index (κ3) is 2.96. The Morgan fingerprint density at radius 2 is 2.11 bits per heavy atom. The average Bonchev–Trinajstić information content (AvgIpc) is 2.81. The molecule has 0 radical (unpaired) electrons. The molecule has 19 heavy (non-hydrogen) atoms. The highest BCUT2D eigenvalue weighted by Gasteiger charge is 2.17. The van der Waals surface area contributed by atoms with E-state index in [0.717, 1.165) is 12.1 Å². The van der Waals surface area contributed by atoms with Crippen LogP contribution in [0.5, 0.6) is 0 Å². The Kier molecular flexibility index (Phi) is 4.22. The van der Waals surface area contributed by atoms with E-state index < -0.39 is 0 Å². The van der Waals surface area contributed by atoms with Gasteiger partial charge in [-0.25, -0.2) is 4.68 Å². The first-order valence-electron chi connectivity index (χ1n) is 6.23. The number of halogens is 1. The summed E-state index contributed by atoms with van der Waals surface area (Å²) in [7, 11) is 0. The highest BCUT2D eigenvalue weighted by molar-refractivity contribution is 6.33. The quantitative estimate of drug-likeness (QED) is 0.934. The van der Waals surface area contributed by atoms with Crippen molar-refractivity contribution in [2.45, 2.75) is 26.3 Å². The molecule has 0 saturated heterocycles. The van der Waals surface area contributed by atoms with E-state index in [2.05, 4.69) is 10.4 Å². The lowest BCUT2D eigenvalue weighted by molar-refractivity contribution is 0.0939. The maximum absolute atomic E-state index is 12.0. The fourth-order valence-electron chi connectivity index (χ4n) is 1.64. The van der Waals surface area contributed by atoms with Gasteiger partial charge in [0, 0.05) is 6.04 Å². The number of carbonyl (C=O) groups is 1. The molecule has 100 valence electrons. The van der Waals surface area contributed by atoms with Crippen molar-refractivity contribution in [1.82, 2.24) is 15.1 Å². The first-order valence-corrected chi connectivity index (χ1v) is 6.61. The minimum Gasteiger partial charge on any atom is -0.349 e. The van der Waals surface area contributed by atoms with E-state index in [1.54, 1.807) is 4.68 Å². The molecule has 1 heterocycles. The van der Waals surface area contributed by atoms with E-state index in [4.69, 9.17) is 11.6 Å². The Bertz CT molecular complexity index is 565. The van der Waals surface area contributed by atoms with Crippen molar-refractivity contribution in [3.05, 3.63) is 47.2 Å². The van der Waals surface area contributed by atoms with Gasteiger partial charge in [-0.2, -0.15) is 5.10 Å². The molecule has 0 saturated carbocycles. The highest BCUT2D eigenvalue weighted by Crippen LogP contribution is 2.20. The zero-order valence-electron chi connectivity index (χ0n) is 10.9. The van der Waals surface area contributed by atoms with Crippen LogP contribution in [0.4, 0.5) is 0 Å². The second-order valence-electron chi connectivity index (χ2n) is 4.38. The minimum atomic E-state index is -0.193. The molecule has 2 aromatic rings. The normalized spacial score (nSPS) is 12.2. The predicted molar refractivity (Wildman–Crippen MR) is 75.8 cm³/mol. The number of carbonyl (C=O) groups excluding carboxylic acids is 1. The summed E-state index contributed by atoms with van der Waals surface area (Å²) in [5.74, 6) is -0.193. The number of para-hydroxylation sites is 1. The van der Waals surface area contributed by atoms with Gasteiger partial charge in [0.05, 0.1) is 17.4 Å². The maximum Gasteiger partial charge on any atom is 0.256 e. The molecule has 1 aromatic carbocycles. The number of nitrogens with one attached hydrogen (secondary N) is 1. The molecule has 5 heteroatoms. The second kappa shape index (κ2) is 5.89. The molecular weight excluding hydrogens is 262 g/mol. The van der Waals surface area contributed by atoms with E-state index in [1.165, 1.54) is 6.20 Å². The van der Waals surface area contributed by atoms with E-state index in [-0.39, 0.29) is 11.9 Å². The minimum absolute atomic E-state index is 0.114. The van der Waals surface area contributed by atoms with Gasteiger partial charge in [-0.1, -0.05) is 36.7 Å². The summed E-state index contributed by atoms with van der Waals surface area (Å²) in [5, 5.41) is 7.36. The van der Waals surface area contributed by atoms with Crippen LogP contribution in [-0.2, 0) is 0 Å². The molecule has 1 aromatic heterocycles. The van der Waals surface area contributed by atoms with Crippen LogP contribution in [-0.4, -0.2) is 21.7 Å². The van der Waals surface area contributed by atoms with Crippen LogP contribution in [0, 0.1) is 0 Å². The number of aromatic nitrogens is 2. The van der Waals surface area contributed by atoms with E-state index >= 15 is 0 Å². The van der Waals surface area contributed by atoms with E-state index in [0.29, 0.717) is 10.7 Å². The van der Waals surface area contributed by atoms with Gasteiger partial charge in [-0.3, -0.25) is 4.79 Å². The zero-order valence-corrected chi connectivity index (χ0v) is 11.7. The molecule has 1 amide bonds. The predicted octanol–water partition coefficient (Wildman–Crippen LogP) is 3.05. The monoisotopic (exact) mass is 277 g/mol. The van der Waals surface area contributed by atoms with E-state index in [1.807, 2.05) is 44.2 Å². The Morgan fingerprint density at radius 3 is 2.74 bits per heavy atom. The molecule has 0 spiro atoms. The fourth-order valence-corrected chi connectivity index (χ4v) is 1.91. The van der Waals surface area contributed by atoms with Gasteiger partial charge in [-0.15, -0.1) is 0 Å². The molecule has 1 atom stereocenters. The summed E-state index contributed by atoms with van der Waals surface area (Å²) < 4.78 is 1.55.